The van der Waals surface area contributed by atoms with Crippen LogP contribution in [-0.2, 0) is 10.0 Å². The minimum atomic E-state index is -3.94. The second kappa shape index (κ2) is 4.75. The first-order chi connectivity index (χ1) is 9.41. The maximum Gasteiger partial charge on any atom is 0.246 e. The molecule has 2 aliphatic heterocycles. The fourth-order valence-electron chi connectivity index (χ4n) is 3.34. The number of halogens is 2. The van der Waals surface area contributed by atoms with Gasteiger partial charge in [-0.15, -0.1) is 0 Å². The van der Waals surface area contributed by atoms with Crippen molar-refractivity contribution in [2.24, 2.45) is 5.92 Å². The Hall–Kier alpha value is -1.05. The van der Waals surface area contributed by atoms with Crippen molar-refractivity contribution in [3.8, 4) is 0 Å². The smallest absolute Gasteiger partial charge is 0.246 e. The molecule has 0 aliphatic carbocycles. The molecule has 3 rings (SSSR count). The number of sulfonamides is 1. The summed E-state index contributed by atoms with van der Waals surface area (Å²) in [4.78, 5) is -0.446. The van der Waals surface area contributed by atoms with Crippen LogP contribution < -0.4 is 5.32 Å². The molecule has 0 amide bonds. The van der Waals surface area contributed by atoms with Crippen molar-refractivity contribution < 1.29 is 17.2 Å². The van der Waals surface area contributed by atoms with Gasteiger partial charge in [0.05, 0.1) is 0 Å². The monoisotopic (exact) mass is 302 g/mol. The van der Waals surface area contributed by atoms with E-state index in [0.717, 1.165) is 25.1 Å². The summed E-state index contributed by atoms with van der Waals surface area (Å²) in [5.74, 6) is -1.55. The molecule has 2 heterocycles. The second-order valence-electron chi connectivity index (χ2n) is 5.48. The number of fused-ring (bicyclic) bond motifs is 1. The quantitative estimate of drug-likeness (QED) is 0.897. The Bertz CT molecular complexity index is 635. The van der Waals surface area contributed by atoms with Gasteiger partial charge >= 0.3 is 0 Å². The number of rotatable bonds is 2. The fourth-order valence-corrected chi connectivity index (χ4v) is 5.28. The highest BCUT2D eigenvalue weighted by atomic mass is 32.2. The SMILES string of the molecule is CC1CC2CNCC2N1S(=O)(=O)c1ccc(F)cc1F. The van der Waals surface area contributed by atoms with Gasteiger partial charge in [0.2, 0.25) is 10.0 Å². The summed E-state index contributed by atoms with van der Waals surface area (Å²) in [5.41, 5.74) is 0. The predicted octanol–water partition coefficient (Wildman–Crippen LogP) is 1.34. The van der Waals surface area contributed by atoms with Gasteiger partial charge < -0.3 is 5.32 Å². The van der Waals surface area contributed by atoms with Crippen LogP contribution >= 0.6 is 0 Å². The first kappa shape index (κ1) is 13.9. The predicted molar refractivity (Wildman–Crippen MR) is 69.6 cm³/mol. The van der Waals surface area contributed by atoms with Crippen LogP contribution in [0.15, 0.2) is 23.1 Å². The van der Waals surface area contributed by atoms with Gasteiger partial charge in [-0.05, 0) is 37.9 Å². The average molecular weight is 302 g/mol. The minimum Gasteiger partial charge on any atom is -0.315 e. The average Bonchev–Trinajstić information content (AvgIpc) is 2.87. The molecule has 20 heavy (non-hydrogen) atoms. The molecule has 7 heteroatoms. The maximum absolute atomic E-state index is 13.8. The molecule has 3 unspecified atom stereocenters. The third-order valence-corrected chi connectivity index (χ3v) is 6.23. The Balaban J connectivity index is 2.03. The summed E-state index contributed by atoms with van der Waals surface area (Å²) in [7, 11) is -3.94. The van der Waals surface area contributed by atoms with Crippen molar-refractivity contribution in [2.75, 3.05) is 13.1 Å². The van der Waals surface area contributed by atoms with Crippen LogP contribution in [0.3, 0.4) is 0 Å². The molecule has 0 saturated carbocycles. The van der Waals surface area contributed by atoms with Crippen molar-refractivity contribution >= 4 is 10.0 Å². The van der Waals surface area contributed by atoms with E-state index in [2.05, 4.69) is 5.32 Å². The molecule has 1 aromatic rings. The molecule has 4 nitrogen and oxygen atoms in total. The first-order valence-electron chi connectivity index (χ1n) is 6.60. The van der Waals surface area contributed by atoms with E-state index in [9.17, 15) is 17.2 Å². The van der Waals surface area contributed by atoms with Crippen LogP contribution in [0.5, 0.6) is 0 Å². The topological polar surface area (TPSA) is 49.4 Å². The van der Waals surface area contributed by atoms with E-state index in [1.165, 1.54) is 4.31 Å². The lowest BCUT2D eigenvalue weighted by atomic mass is 10.0. The lowest BCUT2D eigenvalue weighted by Crippen LogP contribution is -2.42. The number of benzene rings is 1. The van der Waals surface area contributed by atoms with E-state index in [-0.39, 0.29) is 18.0 Å². The molecular formula is C13H16F2N2O2S. The molecule has 2 fully saturated rings. The van der Waals surface area contributed by atoms with E-state index < -0.39 is 26.6 Å². The van der Waals surface area contributed by atoms with Crippen LogP contribution in [-0.4, -0.2) is 37.9 Å². The molecule has 2 saturated heterocycles. The van der Waals surface area contributed by atoms with E-state index in [1.54, 1.807) is 0 Å². The van der Waals surface area contributed by atoms with Crippen LogP contribution in [0.25, 0.3) is 0 Å². The van der Waals surface area contributed by atoms with Crippen LogP contribution in [0.4, 0.5) is 8.78 Å². The third-order valence-electron chi connectivity index (χ3n) is 4.16. The lowest BCUT2D eigenvalue weighted by Gasteiger charge is -2.26. The molecule has 1 aromatic carbocycles. The van der Waals surface area contributed by atoms with Gasteiger partial charge in [-0.1, -0.05) is 0 Å². The maximum atomic E-state index is 13.8. The Morgan fingerprint density at radius 1 is 1.30 bits per heavy atom. The molecule has 3 atom stereocenters. The highest BCUT2D eigenvalue weighted by Crippen LogP contribution is 2.37. The lowest BCUT2D eigenvalue weighted by molar-refractivity contribution is 0.334. The molecule has 0 radical (unpaired) electrons. The summed E-state index contributed by atoms with van der Waals surface area (Å²) >= 11 is 0. The van der Waals surface area contributed by atoms with E-state index in [4.69, 9.17) is 0 Å². The van der Waals surface area contributed by atoms with Crippen LogP contribution in [0, 0.1) is 17.6 Å². The largest absolute Gasteiger partial charge is 0.315 e. The van der Waals surface area contributed by atoms with Gasteiger partial charge in [0.25, 0.3) is 0 Å². The van der Waals surface area contributed by atoms with Gasteiger partial charge in [0, 0.05) is 24.7 Å². The van der Waals surface area contributed by atoms with E-state index in [0.29, 0.717) is 12.6 Å². The molecule has 0 bridgehead atoms. The van der Waals surface area contributed by atoms with Crippen molar-refractivity contribution in [3.05, 3.63) is 29.8 Å². The summed E-state index contributed by atoms with van der Waals surface area (Å²) in [6, 6.07) is 2.28. The second-order valence-corrected chi connectivity index (χ2v) is 7.29. The van der Waals surface area contributed by atoms with E-state index in [1.807, 2.05) is 6.92 Å². The van der Waals surface area contributed by atoms with Gasteiger partial charge in [-0.25, -0.2) is 17.2 Å². The van der Waals surface area contributed by atoms with Crippen molar-refractivity contribution in [3.63, 3.8) is 0 Å². The van der Waals surface area contributed by atoms with Gasteiger partial charge in [0.1, 0.15) is 16.5 Å². The molecule has 1 N–H and O–H groups in total. The number of hydrogen-bond acceptors (Lipinski definition) is 3. The third kappa shape index (κ3) is 2.04. The normalized spacial score (nSPS) is 30.6. The summed E-state index contributed by atoms with van der Waals surface area (Å²) in [6.07, 6.45) is 0.764. The molecular weight excluding hydrogens is 286 g/mol. The van der Waals surface area contributed by atoms with Gasteiger partial charge in [-0.2, -0.15) is 4.31 Å². The zero-order valence-corrected chi connectivity index (χ0v) is 11.8. The van der Waals surface area contributed by atoms with Crippen LogP contribution in [0.1, 0.15) is 13.3 Å². The number of nitrogens with one attached hydrogen (secondary N) is 1. The van der Waals surface area contributed by atoms with Gasteiger partial charge in [-0.3, -0.25) is 0 Å². The number of hydrogen-bond donors (Lipinski definition) is 1. The first-order valence-corrected chi connectivity index (χ1v) is 8.04. The van der Waals surface area contributed by atoms with Crippen molar-refractivity contribution in [1.82, 2.24) is 9.62 Å². The van der Waals surface area contributed by atoms with Crippen LogP contribution in [0.2, 0.25) is 0 Å². The number of nitrogens with zero attached hydrogens (tertiary/aromatic N) is 1. The Kier molecular flexibility index (Phi) is 3.30. The van der Waals surface area contributed by atoms with E-state index >= 15 is 0 Å². The Labute approximate surface area is 116 Å². The highest BCUT2D eigenvalue weighted by molar-refractivity contribution is 7.89. The summed E-state index contributed by atoms with van der Waals surface area (Å²) in [6.45, 7) is 3.20. The molecule has 0 spiro atoms. The van der Waals surface area contributed by atoms with Crippen molar-refractivity contribution in [1.29, 1.82) is 0 Å². The fraction of sp³-hybridized carbons (Fsp3) is 0.538. The molecule has 0 aromatic heterocycles. The summed E-state index contributed by atoms with van der Waals surface area (Å²) < 4.78 is 53.4. The molecule has 2 aliphatic rings. The minimum absolute atomic E-state index is 0.139. The van der Waals surface area contributed by atoms with Gasteiger partial charge in [0.15, 0.2) is 0 Å². The Morgan fingerprint density at radius 3 is 2.75 bits per heavy atom. The zero-order chi connectivity index (χ0) is 14.5. The Morgan fingerprint density at radius 2 is 2.05 bits per heavy atom. The van der Waals surface area contributed by atoms with Crippen molar-refractivity contribution in [2.45, 2.75) is 30.3 Å². The standard InChI is InChI=1S/C13H16F2N2O2S/c1-8-4-9-6-16-7-12(9)17(8)20(18,19)13-3-2-10(14)5-11(13)15/h2-3,5,8-9,12,16H,4,6-7H2,1H3. The highest BCUT2D eigenvalue weighted by Gasteiger charge is 2.48. The molecule has 110 valence electrons. The summed E-state index contributed by atoms with van der Waals surface area (Å²) in [5, 5.41) is 3.16. The zero-order valence-electron chi connectivity index (χ0n) is 11.0.